The lowest BCUT2D eigenvalue weighted by atomic mass is 10.2. The highest BCUT2D eigenvalue weighted by atomic mass is 32.1. The fourth-order valence-electron chi connectivity index (χ4n) is 1.86. The molecule has 2 atom stereocenters. The molecule has 6 nitrogen and oxygen atoms in total. The van der Waals surface area contributed by atoms with E-state index in [9.17, 15) is 18.0 Å². The van der Waals surface area contributed by atoms with E-state index < -0.39 is 23.2 Å². The van der Waals surface area contributed by atoms with Crippen molar-refractivity contribution in [2.45, 2.75) is 24.7 Å². The first-order valence-electron chi connectivity index (χ1n) is 5.26. The molecule has 0 radical (unpaired) electrons. The first kappa shape index (κ1) is 14.0. The Morgan fingerprint density at radius 2 is 2.21 bits per heavy atom. The number of hydrogen-bond acceptors (Lipinski definition) is 6. The molecule has 1 saturated heterocycles. The van der Waals surface area contributed by atoms with Crippen molar-refractivity contribution >= 4 is 22.4 Å². The molecule has 2 heterocycles. The molecule has 0 amide bonds. The van der Waals surface area contributed by atoms with Gasteiger partial charge in [-0.2, -0.15) is 13.2 Å². The minimum atomic E-state index is -4.57. The third kappa shape index (κ3) is 2.78. The van der Waals surface area contributed by atoms with Gasteiger partial charge in [-0.3, -0.25) is 0 Å². The molecule has 0 bridgehead atoms. The van der Waals surface area contributed by atoms with Crippen molar-refractivity contribution in [3.8, 4) is 0 Å². The van der Waals surface area contributed by atoms with Gasteiger partial charge in [0, 0.05) is 20.1 Å². The number of halogens is 3. The van der Waals surface area contributed by atoms with Crippen LogP contribution in [0.3, 0.4) is 0 Å². The van der Waals surface area contributed by atoms with Crippen LogP contribution in [0.2, 0.25) is 0 Å². The zero-order valence-corrected chi connectivity index (χ0v) is 10.5. The summed E-state index contributed by atoms with van der Waals surface area (Å²) in [5.41, 5.74) is 0. The second kappa shape index (κ2) is 4.93. The highest BCUT2D eigenvalue weighted by Gasteiger charge is 2.41. The van der Waals surface area contributed by atoms with E-state index in [1.807, 2.05) is 0 Å². The monoisotopic (exact) mass is 297 g/mol. The number of aromatic nitrogens is 2. The fourth-order valence-corrected chi connectivity index (χ4v) is 2.63. The topological polar surface area (TPSA) is 75.6 Å². The summed E-state index contributed by atoms with van der Waals surface area (Å²) in [6.07, 6.45) is -4.72. The number of ether oxygens (including phenoxy) is 1. The van der Waals surface area contributed by atoms with Gasteiger partial charge in [0.25, 0.3) is 0 Å². The molecular formula is C9H10F3N3O3S. The first-order valence-corrected chi connectivity index (χ1v) is 6.07. The van der Waals surface area contributed by atoms with E-state index in [4.69, 9.17) is 9.84 Å². The van der Waals surface area contributed by atoms with Crippen LogP contribution < -0.4 is 4.90 Å². The third-order valence-corrected chi connectivity index (χ3v) is 3.79. The van der Waals surface area contributed by atoms with E-state index in [0.29, 0.717) is 11.3 Å². The van der Waals surface area contributed by atoms with Crippen LogP contribution in [0.15, 0.2) is 0 Å². The van der Waals surface area contributed by atoms with Crippen LogP contribution in [0.25, 0.3) is 0 Å². The van der Waals surface area contributed by atoms with Crippen molar-refractivity contribution in [2.24, 2.45) is 0 Å². The van der Waals surface area contributed by atoms with Crippen molar-refractivity contribution in [3.05, 3.63) is 5.01 Å². The van der Waals surface area contributed by atoms with Crippen LogP contribution in [-0.2, 0) is 15.7 Å². The van der Waals surface area contributed by atoms with Gasteiger partial charge in [-0.25, -0.2) is 4.79 Å². The van der Waals surface area contributed by atoms with Crippen molar-refractivity contribution in [2.75, 3.05) is 18.6 Å². The maximum atomic E-state index is 12.4. The van der Waals surface area contributed by atoms with Gasteiger partial charge < -0.3 is 14.7 Å². The van der Waals surface area contributed by atoms with Crippen LogP contribution >= 0.6 is 11.3 Å². The Kier molecular flexibility index (Phi) is 3.63. The predicted octanol–water partition coefficient (Wildman–Crippen LogP) is 1.24. The van der Waals surface area contributed by atoms with Gasteiger partial charge in [-0.15, -0.1) is 10.2 Å². The second-order valence-corrected chi connectivity index (χ2v) is 4.94. The minimum Gasteiger partial charge on any atom is -0.480 e. The Bertz CT molecular complexity index is 479. The second-order valence-electron chi connectivity index (χ2n) is 3.99. The number of anilines is 1. The van der Waals surface area contributed by atoms with E-state index in [0.717, 1.165) is 0 Å². The molecule has 1 N–H and O–H groups in total. The Hall–Kier alpha value is -1.42. The number of carboxylic acids is 1. The van der Waals surface area contributed by atoms with Crippen molar-refractivity contribution < 1.29 is 27.8 Å². The Morgan fingerprint density at radius 3 is 2.68 bits per heavy atom. The number of rotatable bonds is 3. The zero-order valence-electron chi connectivity index (χ0n) is 9.72. The van der Waals surface area contributed by atoms with Crippen LogP contribution in [0.4, 0.5) is 18.3 Å². The molecular weight excluding hydrogens is 287 g/mol. The molecule has 0 aromatic carbocycles. The lowest BCUT2D eigenvalue weighted by Gasteiger charge is -2.19. The predicted molar refractivity (Wildman–Crippen MR) is 59.1 cm³/mol. The summed E-state index contributed by atoms with van der Waals surface area (Å²) in [5.74, 6) is -1.12. The van der Waals surface area contributed by atoms with Crippen LogP contribution in [-0.4, -0.2) is 47.1 Å². The molecule has 1 aromatic heterocycles. The summed E-state index contributed by atoms with van der Waals surface area (Å²) in [4.78, 5) is 12.4. The van der Waals surface area contributed by atoms with Gasteiger partial charge in [-0.05, 0) is 0 Å². The molecule has 2 unspecified atom stereocenters. The lowest BCUT2D eigenvalue weighted by Crippen LogP contribution is -2.35. The standard InChI is InChI=1S/C9H10F3N3O3S/c1-18-4-2-5(6(16)17)15(3-4)8-14-13-7(19-8)9(10,11)12/h4-5H,2-3H2,1H3,(H,16,17). The summed E-state index contributed by atoms with van der Waals surface area (Å²) >= 11 is 0.331. The van der Waals surface area contributed by atoms with Crippen molar-refractivity contribution in [1.29, 1.82) is 0 Å². The van der Waals surface area contributed by atoms with Gasteiger partial charge in [-0.1, -0.05) is 11.3 Å². The Balaban J connectivity index is 2.24. The molecule has 1 aliphatic rings. The van der Waals surface area contributed by atoms with Gasteiger partial charge in [0.15, 0.2) is 0 Å². The average molecular weight is 297 g/mol. The smallest absolute Gasteiger partial charge is 0.445 e. The zero-order chi connectivity index (χ0) is 14.2. The normalized spacial score (nSPS) is 23.9. The number of methoxy groups -OCH3 is 1. The number of aliphatic carboxylic acids is 1. The molecule has 0 saturated carbocycles. The van der Waals surface area contributed by atoms with E-state index in [-0.39, 0.29) is 24.2 Å². The van der Waals surface area contributed by atoms with Gasteiger partial charge in [0.05, 0.1) is 6.10 Å². The van der Waals surface area contributed by atoms with E-state index in [1.54, 1.807) is 0 Å². The number of carboxylic acid groups (broad SMARTS) is 1. The summed E-state index contributed by atoms with van der Waals surface area (Å²) in [5, 5.41) is 14.4. The summed E-state index contributed by atoms with van der Waals surface area (Å²) < 4.78 is 42.4. The largest absolute Gasteiger partial charge is 0.480 e. The van der Waals surface area contributed by atoms with Crippen LogP contribution in [0.1, 0.15) is 11.4 Å². The average Bonchev–Trinajstić information content (AvgIpc) is 2.94. The van der Waals surface area contributed by atoms with E-state index in [1.165, 1.54) is 12.0 Å². The maximum absolute atomic E-state index is 12.4. The molecule has 19 heavy (non-hydrogen) atoms. The SMILES string of the molecule is COC1CC(C(=O)O)N(c2nnc(C(F)(F)F)s2)C1. The first-order chi connectivity index (χ1) is 8.82. The molecule has 1 aliphatic heterocycles. The molecule has 10 heteroatoms. The number of alkyl halides is 3. The number of hydrogen-bond donors (Lipinski definition) is 1. The highest BCUT2D eigenvalue weighted by molar-refractivity contribution is 7.15. The van der Waals surface area contributed by atoms with Gasteiger partial charge in [0.1, 0.15) is 6.04 Å². The number of nitrogens with zero attached hydrogens (tertiary/aromatic N) is 3. The molecule has 1 aromatic rings. The molecule has 0 aliphatic carbocycles. The molecule has 106 valence electrons. The van der Waals surface area contributed by atoms with Crippen molar-refractivity contribution in [3.63, 3.8) is 0 Å². The summed E-state index contributed by atoms with van der Waals surface area (Å²) in [7, 11) is 1.42. The molecule has 0 spiro atoms. The Morgan fingerprint density at radius 1 is 1.53 bits per heavy atom. The van der Waals surface area contributed by atoms with Crippen LogP contribution in [0, 0.1) is 0 Å². The Labute approximate surface area is 109 Å². The fraction of sp³-hybridized carbons (Fsp3) is 0.667. The van der Waals surface area contributed by atoms with Crippen LogP contribution in [0.5, 0.6) is 0 Å². The minimum absolute atomic E-state index is 0.0562. The maximum Gasteiger partial charge on any atom is 0.445 e. The third-order valence-electron chi connectivity index (χ3n) is 2.78. The summed E-state index contributed by atoms with van der Waals surface area (Å²) in [6.45, 7) is 0.181. The van der Waals surface area contributed by atoms with E-state index >= 15 is 0 Å². The molecule has 2 rings (SSSR count). The van der Waals surface area contributed by atoms with Gasteiger partial charge >= 0.3 is 12.1 Å². The summed E-state index contributed by atoms with van der Waals surface area (Å²) in [6, 6.07) is -0.945. The van der Waals surface area contributed by atoms with Crippen molar-refractivity contribution in [1.82, 2.24) is 10.2 Å². The highest BCUT2D eigenvalue weighted by Crippen LogP contribution is 2.36. The molecule has 1 fully saturated rings. The lowest BCUT2D eigenvalue weighted by molar-refractivity contribution is -0.139. The van der Waals surface area contributed by atoms with E-state index in [2.05, 4.69) is 10.2 Å². The quantitative estimate of drug-likeness (QED) is 0.904. The van der Waals surface area contributed by atoms with Gasteiger partial charge in [0.2, 0.25) is 10.1 Å². The number of carbonyl (C=O) groups is 1.